The third-order valence-corrected chi connectivity index (χ3v) is 4.78. The largest absolute Gasteiger partial charge is 0.489 e. The molecule has 1 N–H and O–H groups in total. The maximum absolute atomic E-state index is 12.8. The number of nitrogens with one attached hydrogen (secondary N) is 1. The van der Waals surface area contributed by atoms with E-state index in [1.54, 1.807) is 0 Å². The van der Waals surface area contributed by atoms with Crippen LogP contribution in [0.25, 0.3) is 0 Å². The molecule has 0 saturated heterocycles. The molecule has 0 saturated carbocycles. The molecule has 1 aliphatic heterocycles. The number of ether oxygens (including phenoxy) is 2. The van der Waals surface area contributed by atoms with Crippen LogP contribution >= 0.6 is 23.4 Å². The molecule has 0 aromatic heterocycles. The van der Waals surface area contributed by atoms with E-state index in [0.29, 0.717) is 41.2 Å². The topological polar surface area (TPSA) is 47.6 Å². The number of amides is 1. The number of carbonyl (C=O) groups is 1. The molecule has 0 spiro atoms. The zero-order chi connectivity index (χ0) is 17.6. The second-order valence-corrected chi connectivity index (χ2v) is 6.90. The van der Waals surface area contributed by atoms with Crippen molar-refractivity contribution in [3.05, 3.63) is 52.8 Å². The summed E-state index contributed by atoms with van der Waals surface area (Å²) in [6.07, 6.45) is 0.818. The highest BCUT2D eigenvalue weighted by atomic mass is 35.5. The standard InChI is InChI=1S/C18H17ClFNO3S/c19-15-8-12(9-16-18(15)24-7-1-6-23-16)10-25-11-17(22)21-14-4-2-13(20)3-5-14/h2-5,8-9H,1,6-7,10-11H2,(H,21,22). The fourth-order valence-electron chi connectivity index (χ4n) is 2.36. The van der Waals surface area contributed by atoms with E-state index >= 15 is 0 Å². The van der Waals surface area contributed by atoms with Crippen LogP contribution in [0.1, 0.15) is 12.0 Å². The molecular weight excluding hydrogens is 365 g/mol. The van der Waals surface area contributed by atoms with Gasteiger partial charge < -0.3 is 14.8 Å². The minimum atomic E-state index is -0.335. The van der Waals surface area contributed by atoms with Gasteiger partial charge in [-0.3, -0.25) is 4.79 Å². The first-order chi connectivity index (χ1) is 12.1. The molecule has 1 heterocycles. The van der Waals surface area contributed by atoms with E-state index in [9.17, 15) is 9.18 Å². The minimum absolute atomic E-state index is 0.142. The number of benzene rings is 2. The first-order valence-corrected chi connectivity index (χ1v) is 9.36. The predicted octanol–water partition coefficient (Wildman–Crippen LogP) is 4.51. The molecule has 1 aliphatic rings. The van der Waals surface area contributed by atoms with Crippen LogP contribution in [0.3, 0.4) is 0 Å². The second-order valence-electron chi connectivity index (χ2n) is 5.50. The Morgan fingerprint density at radius 1 is 1.20 bits per heavy atom. The van der Waals surface area contributed by atoms with Gasteiger partial charge in [0, 0.05) is 17.9 Å². The maximum Gasteiger partial charge on any atom is 0.234 e. The molecule has 4 nitrogen and oxygen atoms in total. The summed E-state index contributed by atoms with van der Waals surface area (Å²) in [4.78, 5) is 11.9. The Bertz CT molecular complexity index is 755. The lowest BCUT2D eigenvalue weighted by molar-refractivity contribution is -0.113. The van der Waals surface area contributed by atoms with Gasteiger partial charge in [-0.05, 0) is 42.0 Å². The summed E-state index contributed by atoms with van der Waals surface area (Å²) in [5.74, 6) is 1.66. The highest BCUT2D eigenvalue weighted by Gasteiger charge is 2.15. The zero-order valence-corrected chi connectivity index (χ0v) is 15.0. The van der Waals surface area contributed by atoms with E-state index in [1.807, 2.05) is 12.1 Å². The predicted molar refractivity (Wildman–Crippen MR) is 98.3 cm³/mol. The fourth-order valence-corrected chi connectivity index (χ4v) is 3.41. The lowest BCUT2D eigenvalue weighted by Crippen LogP contribution is -2.14. The molecule has 0 unspecified atom stereocenters. The first-order valence-electron chi connectivity index (χ1n) is 7.83. The second kappa shape index (κ2) is 8.45. The van der Waals surface area contributed by atoms with Gasteiger partial charge in [-0.15, -0.1) is 11.8 Å². The van der Waals surface area contributed by atoms with Crippen LogP contribution in [0.4, 0.5) is 10.1 Å². The quantitative estimate of drug-likeness (QED) is 0.827. The van der Waals surface area contributed by atoms with Gasteiger partial charge in [0.05, 0.1) is 24.0 Å². The van der Waals surface area contributed by atoms with E-state index in [0.717, 1.165) is 12.0 Å². The maximum atomic E-state index is 12.8. The third-order valence-electron chi connectivity index (χ3n) is 3.49. The Kier molecular flexibility index (Phi) is 6.04. The Morgan fingerprint density at radius 2 is 1.96 bits per heavy atom. The lowest BCUT2D eigenvalue weighted by atomic mass is 10.2. The molecule has 0 aliphatic carbocycles. The van der Waals surface area contributed by atoms with Crippen molar-refractivity contribution in [3.63, 3.8) is 0 Å². The molecule has 0 fully saturated rings. The highest BCUT2D eigenvalue weighted by molar-refractivity contribution is 7.99. The number of halogens is 2. The average molecular weight is 382 g/mol. The van der Waals surface area contributed by atoms with Crippen molar-refractivity contribution in [1.29, 1.82) is 0 Å². The van der Waals surface area contributed by atoms with Crippen LogP contribution in [-0.2, 0) is 10.5 Å². The monoisotopic (exact) mass is 381 g/mol. The van der Waals surface area contributed by atoms with Gasteiger partial charge in [-0.1, -0.05) is 11.6 Å². The van der Waals surface area contributed by atoms with Gasteiger partial charge in [0.15, 0.2) is 11.5 Å². The number of thioether (sulfide) groups is 1. The van der Waals surface area contributed by atoms with Crippen LogP contribution in [0.15, 0.2) is 36.4 Å². The molecule has 0 radical (unpaired) electrons. The highest BCUT2D eigenvalue weighted by Crippen LogP contribution is 2.38. The van der Waals surface area contributed by atoms with Crippen molar-refractivity contribution in [2.45, 2.75) is 12.2 Å². The third kappa shape index (κ3) is 5.03. The van der Waals surface area contributed by atoms with Crippen molar-refractivity contribution in [2.24, 2.45) is 0 Å². The summed E-state index contributed by atoms with van der Waals surface area (Å²) in [7, 11) is 0. The van der Waals surface area contributed by atoms with E-state index in [1.165, 1.54) is 36.0 Å². The molecule has 0 bridgehead atoms. The van der Waals surface area contributed by atoms with E-state index in [4.69, 9.17) is 21.1 Å². The van der Waals surface area contributed by atoms with Gasteiger partial charge >= 0.3 is 0 Å². The molecule has 1 amide bonds. The molecule has 25 heavy (non-hydrogen) atoms. The summed E-state index contributed by atoms with van der Waals surface area (Å²) in [5.41, 5.74) is 1.54. The van der Waals surface area contributed by atoms with Gasteiger partial charge in [0.25, 0.3) is 0 Å². The molecule has 2 aromatic carbocycles. The molecule has 0 atom stereocenters. The lowest BCUT2D eigenvalue weighted by Gasteiger charge is -2.11. The fraction of sp³-hybridized carbons (Fsp3) is 0.278. The van der Waals surface area contributed by atoms with Gasteiger partial charge in [-0.2, -0.15) is 0 Å². The van der Waals surface area contributed by atoms with Gasteiger partial charge in [-0.25, -0.2) is 4.39 Å². The van der Waals surface area contributed by atoms with Crippen LogP contribution in [0, 0.1) is 5.82 Å². The Balaban J connectivity index is 1.53. The Labute approximate surface area is 154 Å². The van der Waals surface area contributed by atoms with E-state index in [-0.39, 0.29) is 17.5 Å². The summed E-state index contributed by atoms with van der Waals surface area (Å²) < 4.78 is 24.1. The normalized spacial score (nSPS) is 13.2. The van der Waals surface area contributed by atoms with Crippen molar-refractivity contribution in [2.75, 3.05) is 24.3 Å². The number of hydrogen-bond donors (Lipinski definition) is 1. The molecule has 132 valence electrons. The summed E-state index contributed by atoms with van der Waals surface area (Å²) >= 11 is 7.72. The van der Waals surface area contributed by atoms with Crippen molar-refractivity contribution in [1.82, 2.24) is 0 Å². The van der Waals surface area contributed by atoms with E-state index < -0.39 is 0 Å². The van der Waals surface area contributed by atoms with Crippen molar-refractivity contribution in [3.8, 4) is 11.5 Å². The van der Waals surface area contributed by atoms with Crippen molar-refractivity contribution < 1.29 is 18.7 Å². The molecule has 7 heteroatoms. The Hall–Kier alpha value is -1.92. The Morgan fingerprint density at radius 3 is 2.76 bits per heavy atom. The van der Waals surface area contributed by atoms with Gasteiger partial charge in [0.2, 0.25) is 5.91 Å². The zero-order valence-electron chi connectivity index (χ0n) is 13.4. The smallest absolute Gasteiger partial charge is 0.234 e. The SMILES string of the molecule is O=C(CSCc1cc(Cl)c2c(c1)OCCCO2)Nc1ccc(F)cc1. The van der Waals surface area contributed by atoms with Crippen LogP contribution in [0.5, 0.6) is 11.5 Å². The number of rotatable bonds is 5. The van der Waals surface area contributed by atoms with Crippen LogP contribution < -0.4 is 14.8 Å². The summed E-state index contributed by atoms with van der Waals surface area (Å²) in [6.45, 7) is 1.18. The van der Waals surface area contributed by atoms with Crippen LogP contribution in [-0.4, -0.2) is 24.9 Å². The summed E-state index contributed by atoms with van der Waals surface area (Å²) in [5, 5.41) is 3.25. The number of carbonyl (C=O) groups excluding carboxylic acids is 1. The minimum Gasteiger partial charge on any atom is -0.489 e. The number of anilines is 1. The number of hydrogen-bond acceptors (Lipinski definition) is 4. The molecular formula is C18H17ClFNO3S. The van der Waals surface area contributed by atoms with Gasteiger partial charge in [0.1, 0.15) is 5.82 Å². The molecule has 3 rings (SSSR count). The number of fused-ring (bicyclic) bond motifs is 1. The van der Waals surface area contributed by atoms with E-state index in [2.05, 4.69) is 5.32 Å². The average Bonchev–Trinajstić information content (AvgIpc) is 2.83. The molecule has 2 aromatic rings. The van der Waals surface area contributed by atoms with Crippen LogP contribution in [0.2, 0.25) is 5.02 Å². The summed E-state index contributed by atoms with van der Waals surface area (Å²) in [6, 6.07) is 9.41. The van der Waals surface area contributed by atoms with Crippen molar-refractivity contribution >= 4 is 35.0 Å². The first kappa shape index (κ1) is 17.9.